The number of imide groups is 1. The van der Waals surface area contributed by atoms with Crippen molar-refractivity contribution in [3.8, 4) is 0 Å². The SMILES string of the molecule is NCC1(N2C(=O)C=CC2=O)CCCC1. The molecular formula is C10H14N2O2. The zero-order chi connectivity index (χ0) is 10.2. The summed E-state index contributed by atoms with van der Waals surface area (Å²) in [5, 5.41) is 0. The van der Waals surface area contributed by atoms with Crippen LogP contribution in [-0.2, 0) is 9.59 Å². The highest BCUT2D eigenvalue weighted by Crippen LogP contribution is 2.36. The summed E-state index contributed by atoms with van der Waals surface area (Å²) in [6.07, 6.45) is 6.46. The number of hydrogen-bond acceptors (Lipinski definition) is 3. The van der Waals surface area contributed by atoms with Gasteiger partial charge in [0.25, 0.3) is 11.8 Å². The number of hydrogen-bond donors (Lipinski definition) is 1. The van der Waals surface area contributed by atoms with Crippen LogP contribution in [0.3, 0.4) is 0 Å². The second-order valence-corrected chi connectivity index (χ2v) is 3.98. The number of carbonyl (C=O) groups is 2. The van der Waals surface area contributed by atoms with Gasteiger partial charge in [0.15, 0.2) is 0 Å². The molecule has 76 valence electrons. The smallest absolute Gasteiger partial charge is 0.254 e. The predicted octanol–water partition coefficient (Wildman–Crippen LogP) is 0.183. The molecule has 1 fully saturated rings. The van der Waals surface area contributed by atoms with Crippen LogP contribution in [0.4, 0.5) is 0 Å². The van der Waals surface area contributed by atoms with E-state index in [0.29, 0.717) is 6.54 Å². The van der Waals surface area contributed by atoms with E-state index in [1.54, 1.807) is 0 Å². The number of nitrogens with two attached hydrogens (primary N) is 1. The van der Waals surface area contributed by atoms with Crippen molar-refractivity contribution in [3.63, 3.8) is 0 Å². The fourth-order valence-corrected chi connectivity index (χ4v) is 2.42. The Labute approximate surface area is 82.7 Å². The molecule has 2 N–H and O–H groups in total. The highest BCUT2D eigenvalue weighted by Gasteiger charge is 2.44. The zero-order valence-corrected chi connectivity index (χ0v) is 8.03. The molecule has 14 heavy (non-hydrogen) atoms. The lowest BCUT2D eigenvalue weighted by molar-refractivity contribution is -0.143. The van der Waals surface area contributed by atoms with Gasteiger partial charge in [-0.05, 0) is 12.8 Å². The monoisotopic (exact) mass is 194 g/mol. The van der Waals surface area contributed by atoms with Crippen molar-refractivity contribution in [2.75, 3.05) is 6.54 Å². The Balaban J connectivity index is 2.28. The van der Waals surface area contributed by atoms with Crippen LogP contribution in [-0.4, -0.2) is 28.8 Å². The first-order valence-electron chi connectivity index (χ1n) is 4.96. The van der Waals surface area contributed by atoms with Crippen LogP contribution < -0.4 is 5.73 Å². The molecule has 2 aliphatic rings. The highest BCUT2D eigenvalue weighted by atomic mass is 16.2. The van der Waals surface area contributed by atoms with Gasteiger partial charge in [-0.2, -0.15) is 0 Å². The molecule has 2 amide bonds. The van der Waals surface area contributed by atoms with Crippen LogP contribution in [0.5, 0.6) is 0 Å². The lowest BCUT2D eigenvalue weighted by Crippen LogP contribution is -2.54. The lowest BCUT2D eigenvalue weighted by Gasteiger charge is -2.35. The molecule has 0 saturated heterocycles. The molecule has 0 aromatic carbocycles. The fourth-order valence-electron chi connectivity index (χ4n) is 2.42. The van der Waals surface area contributed by atoms with E-state index < -0.39 is 5.54 Å². The molecule has 1 aliphatic heterocycles. The molecule has 1 aliphatic carbocycles. The highest BCUT2D eigenvalue weighted by molar-refractivity contribution is 6.13. The molecular weight excluding hydrogens is 180 g/mol. The minimum Gasteiger partial charge on any atom is -0.328 e. The fraction of sp³-hybridized carbons (Fsp3) is 0.600. The standard InChI is InChI=1S/C10H14N2O2/c11-7-10(5-1-2-6-10)12-8(13)3-4-9(12)14/h3-4H,1-2,5-7,11H2. The van der Waals surface area contributed by atoms with Gasteiger partial charge in [-0.3, -0.25) is 14.5 Å². The first-order chi connectivity index (χ1) is 6.69. The summed E-state index contributed by atoms with van der Waals surface area (Å²) >= 11 is 0. The van der Waals surface area contributed by atoms with Crippen molar-refractivity contribution >= 4 is 11.8 Å². The number of carbonyl (C=O) groups excluding carboxylic acids is 2. The van der Waals surface area contributed by atoms with Gasteiger partial charge < -0.3 is 5.73 Å². The molecule has 0 aromatic heterocycles. The van der Waals surface area contributed by atoms with Crippen molar-refractivity contribution in [3.05, 3.63) is 12.2 Å². The van der Waals surface area contributed by atoms with Crippen LogP contribution in [0.2, 0.25) is 0 Å². The van der Waals surface area contributed by atoms with Crippen molar-refractivity contribution in [2.45, 2.75) is 31.2 Å². The Morgan fingerprint density at radius 3 is 2.14 bits per heavy atom. The molecule has 0 unspecified atom stereocenters. The van der Waals surface area contributed by atoms with Crippen LogP contribution in [0.15, 0.2) is 12.2 Å². The van der Waals surface area contributed by atoms with Gasteiger partial charge in [-0.25, -0.2) is 0 Å². The van der Waals surface area contributed by atoms with Gasteiger partial charge >= 0.3 is 0 Å². The Morgan fingerprint density at radius 1 is 1.21 bits per heavy atom. The number of rotatable bonds is 2. The molecule has 2 rings (SSSR count). The van der Waals surface area contributed by atoms with E-state index in [0.717, 1.165) is 25.7 Å². The average Bonchev–Trinajstić information content (AvgIpc) is 2.75. The van der Waals surface area contributed by atoms with Crippen molar-refractivity contribution in [1.29, 1.82) is 0 Å². The minimum atomic E-state index is -0.391. The molecule has 4 heteroatoms. The van der Waals surface area contributed by atoms with Crippen LogP contribution in [0, 0.1) is 0 Å². The van der Waals surface area contributed by atoms with E-state index in [1.165, 1.54) is 17.1 Å². The second kappa shape index (κ2) is 3.20. The lowest BCUT2D eigenvalue weighted by atomic mass is 9.95. The van der Waals surface area contributed by atoms with E-state index in [1.807, 2.05) is 0 Å². The normalized spacial score (nSPS) is 25.1. The van der Waals surface area contributed by atoms with Crippen LogP contribution in [0.1, 0.15) is 25.7 Å². The first-order valence-corrected chi connectivity index (χ1v) is 4.96. The Kier molecular flexibility index (Phi) is 2.15. The average molecular weight is 194 g/mol. The summed E-state index contributed by atoms with van der Waals surface area (Å²) in [6.45, 7) is 0.381. The number of nitrogens with zero attached hydrogens (tertiary/aromatic N) is 1. The van der Waals surface area contributed by atoms with Gasteiger partial charge in [0, 0.05) is 18.7 Å². The summed E-state index contributed by atoms with van der Waals surface area (Å²) in [5.41, 5.74) is 5.31. The molecule has 0 bridgehead atoms. The van der Waals surface area contributed by atoms with E-state index >= 15 is 0 Å². The van der Waals surface area contributed by atoms with E-state index in [4.69, 9.17) is 5.73 Å². The van der Waals surface area contributed by atoms with Crippen molar-refractivity contribution in [1.82, 2.24) is 4.90 Å². The summed E-state index contributed by atoms with van der Waals surface area (Å²) in [6, 6.07) is 0. The second-order valence-electron chi connectivity index (χ2n) is 3.98. The molecule has 0 atom stereocenters. The van der Waals surface area contributed by atoms with E-state index in [9.17, 15) is 9.59 Å². The van der Waals surface area contributed by atoms with Crippen LogP contribution >= 0.6 is 0 Å². The molecule has 4 nitrogen and oxygen atoms in total. The minimum absolute atomic E-state index is 0.206. The van der Waals surface area contributed by atoms with Gasteiger partial charge in [0.2, 0.25) is 0 Å². The predicted molar refractivity (Wildman–Crippen MR) is 51.2 cm³/mol. The molecule has 1 saturated carbocycles. The van der Waals surface area contributed by atoms with Crippen LogP contribution in [0.25, 0.3) is 0 Å². The Bertz CT molecular complexity index is 285. The number of amides is 2. The third-order valence-corrected chi connectivity index (χ3v) is 3.20. The zero-order valence-electron chi connectivity index (χ0n) is 8.03. The third-order valence-electron chi connectivity index (χ3n) is 3.20. The summed E-state index contributed by atoms with van der Waals surface area (Å²) in [5.74, 6) is -0.412. The molecule has 0 spiro atoms. The van der Waals surface area contributed by atoms with Gasteiger partial charge in [0.05, 0.1) is 5.54 Å². The van der Waals surface area contributed by atoms with Gasteiger partial charge in [-0.15, -0.1) is 0 Å². The quantitative estimate of drug-likeness (QED) is 0.638. The maximum absolute atomic E-state index is 11.5. The first kappa shape index (κ1) is 9.40. The van der Waals surface area contributed by atoms with Crippen molar-refractivity contribution in [2.24, 2.45) is 5.73 Å². The largest absolute Gasteiger partial charge is 0.328 e. The Morgan fingerprint density at radius 2 is 1.71 bits per heavy atom. The maximum atomic E-state index is 11.5. The Hall–Kier alpha value is -1.16. The molecule has 0 radical (unpaired) electrons. The third kappa shape index (κ3) is 1.18. The van der Waals surface area contributed by atoms with E-state index in [-0.39, 0.29) is 11.8 Å². The summed E-state index contributed by atoms with van der Waals surface area (Å²) in [4.78, 5) is 24.3. The summed E-state index contributed by atoms with van der Waals surface area (Å²) in [7, 11) is 0. The topological polar surface area (TPSA) is 63.4 Å². The molecule has 1 heterocycles. The van der Waals surface area contributed by atoms with Gasteiger partial charge in [-0.1, -0.05) is 12.8 Å². The molecule has 0 aromatic rings. The van der Waals surface area contributed by atoms with Crippen molar-refractivity contribution < 1.29 is 9.59 Å². The van der Waals surface area contributed by atoms with Gasteiger partial charge in [0.1, 0.15) is 0 Å². The van der Waals surface area contributed by atoms with E-state index in [2.05, 4.69) is 0 Å². The summed E-state index contributed by atoms with van der Waals surface area (Å²) < 4.78 is 0. The maximum Gasteiger partial charge on any atom is 0.254 e.